The summed E-state index contributed by atoms with van der Waals surface area (Å²) in [5.41, 5.74) is 0.403. The van der Waals surface area contributed by atoms with Crippen LogP contribution >= 0.6 is 11.3 Å². The Kier molecular flexibility index (Phi) is 6.50. The molecule has 4 rings (SSSR count). The van der Waals surface area contributed by atoms with Gasteiger partial charge in [-0.25, -0.2) is 16.8 Å². The predicted octanol–water partition coefficient (Wildman–Crippen LogP) is 2.96. The maximum Gasteiger partial charge on any atom is 0.267 e. The van der Waals surface area contributed by atoms with Crippen LogP contribution < -0.4 is 5.32 Å². The Labute approximate surface area is 187 Å². The van der Waals surface area contributed by atoms with Crippen LogP contribution in [0.5, 0.6) is 0 Å². The molecule has 2 aromatic rings. The molecule has 168 valence electrons. The highest BCUT2D eigenvalue weighted by Gasteiger charge is 2.32. The molecule has 0 aliphatic carbocycles. The summed E-state index contributed by atoms with van der Waals surface area (Å²) in [4.78, 5) is 13.1. The lowest BCUT2D eigenvalue weighted by atomic mass is 10.2. The minimum atomic E-state index is -3.70. The second-order valence-electron chi connectivity index (χ2n) is 7.67. The highest BCUT2D eigenvalue weighted by Crippen LogP contribution is 2.29. The molecule has 3 heterocycles. The van der Waals surface area contributed by atoms with Gasteiger partial charge in [0.25, 0.3) is 5.91 Å². The topological polar surface area (TPSA) is 104 Å². The molecule has 11 heteroatoms. The summed E-state index contributed by atoms with van der Waals surface area (Å²) in [5, 5.41) is 4.28. The molecule has 0 spiro atoms. The van der Waals surface area contributed by atoms with E-state index in [1.807, 2.05) is 0 Å². The fourth-order valence-corrected chi connectivity index (χ4v) is 8.22. The molecule has 0 bridgehead atoms. The first-order valence-corrected chi connectivity index (χ1v) is 14.1. The summed E-state index contributed by atoms with van der Waals surface area (Å²) in [7, 11) is -7.25. The van der Waals surface area contributed by atoms with Gasteiger partial charge < -0.3 is 5.32 Å². The zero-order valence-electron chi connectivity index (χ0n) is 17.0. The van der Waals surface area contributed by atoms with Crippen molar-refractivity contribution in [3.8, 4) is 0 Å². The molecule has 0 radical (unpaired) electrons. The molecular weight excluding hydrogens is 458 g/mol. The number of amides is 1. The number of benzene rings is 1. The molecule has 2 aliphatic heterocycles. The van der Waals surface area contributed by atoms with Crippen molar-refractivity contribution in [1.29, 1.82) is 0 Å². The van der Waals surface area contributed by atoms with Crippen LogP contribution in [0, 0.1) is 0 Å². The van der Waals surface area contributed by atoms with E-state index < -0.39 is 26.0 Å². The Morgan fingerprint density at radius 1 is 0.774 bits per heavy atom. The van der Waals surface area contributed by atoms with Crippen molar-refractivity contribution in [2.45, 2.75) is 41.9 Å². The first kappa shape index (κ1) is 22.4. The SMILES string of the molecule is O=C(Nc1ccc(S(=O)(=O)N2CCCCC2)cc1)c1sccc1S(=O)(=O)N1CCCC1. The van der Waals surface area contributed by atoms with Crippen molar-refractivity contribution in [3.05, 3.63) is 40.6 Å². The van der Waals surface area contributed by atoms with Crippen molar-refractivity contribution in [3.63, 3.8) is 0 Å². The standard InChI is InChI=1S/C20H25N3O5S3/c24-20(19-18(10-15-29-19)31(27,28)23-13-4-5-14-23)21-16-6-8-17(9-7-16)30(25,26)22-11-2-1-3-12-22/h6-10,15H,1-5,11-14H2,(H,21,24). The molecule has 0 atom stereocenters. The van der Waals surface area contributed by atoms with E-state index in [1.54, 1.807) is 5.38 Å². The first-order valence-electron chi connectivity index (χ1n) is 10.3. The Balaban J connectivity index is 1.50. The molecule has 1 aromatic heterocycles. The van der Waals surface area contributed by atoms with Gasteiger partial charge >= 0.3 is 0 Å². The van der Waals surface area contributed by atoms with Crippen molar-refractivity contribution in [2.75, 3.05) is 31.5 Å². The number of nitrogens with one attached hydrogen (secondary N) is 1. The third-order valence-corrected chi connectivity index (χ3v) is 10.5. The zero-order chi connectivity index (χ0) is 22.1. The average molecular weight is 484 g/mol. The number of anilines is 1. The summed E-state index contributed by atoms with van der Waals surface area (Å²) >= 11 is 1.07. The lowest BCUT2D eigenvalue weighted by Gasteiger charge is -2.25. The number of hydrogen-bond donors (Lipinski definition) is 1. The number of sulfonamides is 2. The third-order valence-electron chi connectivity index (χ3n) is 5.58. The molecule has 0 saturated carbocycles. The van der Waals surface area contributed by atoms with E-state index in [-0.39, 0.29) is 14.7 Å². The normalized spacial score (nSPS) is 18.8. The van der Waals surface area contributed by atoms with Gasteiger partial charge in [-0.1, -0.05) is 6.42 Å². The van der Waals surface area contributed by atoms with Crippen LogP contribution in [-0.4, -0.2) is 57.5 Å². The van der Waals surface area contributed by atoms with Gasteiger partial charge in [0.1, 0.15) is 9.77 Å². The van der Waals surface area contributed by atoms with Crippen LogP contribution in [0.15, 0.2) is 45.5 Å². The first-order chi connectivity index (χ1) is 14.8. The molecule has 1 N–H and O–H groups in total. The van der Waals surface area contributed by atoms with E-state index in [1.165, 1.54) is 38.9 Å². The van der Waals surface area contributed by atoms with Gasteiger partial charge in [-0.3, -0.25) is 4.79 Å². The number of hydrogen-bond acceptors (Lipinski definition) is 6. The number of piperidine rings is 1. The van der Waals surface area contributed by atoms with Crippen LogP contribution in [0.1, 0.15) is 41.8 Å². The van der Waals surface area contributed by atoms with E-state index in [2.05, 4.69) is 5.32 Å². The van der Waals surface area contributed by atoms with Gasteiger partial charge in [0.2, 0.25) is 20.0 Å². The third kappa shape index (κ3) is 4.56. The van der Waals surface area contributed by atoms with Crippen LogP contribution in [0.2, 0.25) is 0 Å². The quantitative estimate of drug-likeness (QED) is 0.680. The summed E-state index contributed by atoms with van der Waals surface area (Å²) < 4.78 is 54.1. The Hall–Kier alpha value is -1.79. The molecule has 8 nitrogen and oxygen atoms in total. The molecule has 2 fully saturated rings. The predicted molar refractivity (Wildman–Crippen MR) is 119 cm³/mol. The van der Waals surface area contributed by atoms with Crippen LogP contribution in [-0.2, 0) is 20.0 Å². The minimum absolute atomic E-state index is 0.0150. The van der Waals surface area contributed by atoms with Crippen molar-refractivity contribution in [1.82, 2.24) is 8.61 Å². The van der Waals surface area contributed by atoms with E-state index in [4.69, 9.17) is 0 Å². The average Bonchev–Trinajstić information content (AvgIpc) is 3.47. The van der Waals surface area contributed by atoms with Crippen molar-refractivity contribution < 1.29 is 21.6 Å². The number of nitrogens with zero attached hydrogens (tertiary/aromatic N) is 2. The molecule has 2 saturated heterocycles. The Bertz CT molecular complexity index is 1140. The van der Waals surface area contributed by atoms with Gasteiger partial charge in [0.15, 0.2) is 0 Å². The number of carbonyl (C=O) groups excluding carboxylic acids is 1. The molecule has 1 aromatic carbocycles. The summed E-state index contributed by atoms with van der Waals surface area (Å²) in [5.74, 6) is -0.528. The van der Waals surface area contributed by atoms with Crippen LogP contribution in [0.25, 0.3) is 0 Å². The minimum Gasteiger partial charge on any atom is -0.321 e. The second kappa shape index (κ2) is 8.99. The Morgan fingerprint density at radius 2 is 1.32 bits per heavy atom. The fraction of sp³-hybridized carbons (Fsp3) is 0.450. The van der Waals surface area contributed by atoms with E-state index in [9.17, 15) is 21.6 Å². The monoisotopic (exact) mass is 483 g/mol. The summed E-state index contributed by atoms with van der Waals surface area (Å²) in [6.07, 6.45) is 4.39. The van der Waals surface area contributed by atoms with Gasteiger partial charge in [-0.05, 0) is 61.4 Å². The smallest absolute Gasteiger partial charge is 0.267 e. The lowest BCUT2D eigenvalue weighted by Crippen LogP contribution is -2.35. The molecule has 0 unspecified atom stereocenters. The highest BCUT2D eigenvalue weighted by atomic mass is 32.2. The largest absolute Gasteiger partial charge is 0.321 e. The van der Waals surface area contributed by atoms with Gasteiger partial charge in [0.05, 0.1) is 4.90 Å². The maximum absolute atomic E-state index is 12.9. The number of rotatable bonds is 6. The fourth-order valence-electron chi connectivity index (χ4n) is 3.89. The van der Waals surface area contributed by atoms with E-state index >= 15 is 0 Å². The van der Waals surface area contributed by atoms with E-state index in [0.29, 0.717) is 31.9 Å². The lowest BCUT2D eigenvalue weighted by molar-refractivity contribution is 0.102. The molecular formula is C20H25N3O5S3. The number of thiophene rings is 1. The summed E-state index contributed by atoms with van der Waals surface area (Å²) in [6, 6.07) is 7.45. The molecule has 31 heavy (non-hydrogen) atoms. The van der Waals surface area contributed by atoms with Gasteiger partial charge in [-0.15, -0.1) is 11.3 Å². The molecule has 1 amide bonds. The van der Waals surface area contributed by atoms with Gasteiger partial charge in [-0.2, -0.15) is 8.61 Å². The van der Waals surface area contributed by atoms with E-state index in [0.717, 1.165) is 43.4 Å². The zero-order valence-corrected chi connectivity index (χ0v) is 19.4. The Morgan fingerprint density at radius 3 is 1.94 bits per heavy atom. The number of carbonyl (C=O) groups is 1. The highest BCUT2D eigenvalue weighted by molar-refractivity contribution is 7.89. The van der Waals surface area contributed by atoms with Gasteiger partial charge in [0, 0.05) is 31.9 Å². The van der Waals surface area contributed by atoms with Crippen LogP contribution in [0.4, 0.5) is 5.69 Å². The maximum atomic E-state index is 12.9. The summed E-state index contributed by atoms with van der Waals surface area (Å²) in [6.45, 7) is 1.97. The van der Waals surface area contributed by atoms with Crippen molar-refractivity contribution in [2.24, 2.45) is 0 Å². The van der Waals surface area contributed by atoms with Crippen LogP contribution in [0.3, 0.4) is 0 Å². The van der Waals surface area contributed by atoms with Crippen molar-refractivity contribution >= 4 is 43.0 Å². The molecule has 2 aliphatic rings. The second-order valence-corrected chi connectivity index (χ2v) is 12.4.